The van der Waals surface area contributed by atoms with E-state index in [0.29, 0.717) is 28.9 Å². The number of nitrogens with zero attached hydrogens (tertiary/aromatic N) is 4. The maximum atomic E-state index is 12.3. The average molecular weight is 387 g/mol. The highest BCUT2D eigenvalue weighted by molar-refractivity contribution is 7.14. The molecule has 0 aliphatic heterocycles. The van der Waals surface area contributed by atoms with Crippen LogP contribution in [0, 0.1) is 11.3 Å². The van der Waals surface area contributed by atoms with Crippen molar-refractivity contribution >= 4 is 33.6 Å². The molecule has 0 saturated heterocycles. The van der Waals surface area contributed by atoms with Crippen molar-refractivity contribution in [3.05, 3.63) is 40.4 Å². The lowest BCUT2D eigenvalue weighted by atomic mass is 10.3. The molecule has 3 rings (SSSR count). The van der Waals surface area contributed by atoms with E-state index in [2.05, 4.69) is 21.6 Å². The van der Waals surface area contributed by atoms with Crippen LogP contribution in [0.15, 0.2) is 33.4 Å². The van der Waals surface area contributed by atoms with Crippen LogP contribution < -0.4 is 5.32 Å². The lowest BCUT2D eigenvalue weighted by molar-refractivity contribution is -0.117. The first kappa shape index (κ1) is 18.3. The van der Waals surface area contributed by atoms with E-state index in [0.717, 1.165) is 17.8 Å². The SMILES string of the molecule is CCCN(CC(=O)Nc1sccc1C#N)Cc1nnc(-c2cccs2)o1. The maximum absolute atomic E-state index is 12.3. The lowest BCUT2D eigenvalue weighted by Gasteiger charge is -2.18. The van der Waals surface area contributed by atoms with Crippen molar-refractivity contribution in [1.29, 1.82) is 5.26 Å². The Hall–Kier alpha value is -2.54. The van der Waals surface area contributed by atoms with E-state index in [-0.39, 0.29) is 12.5 Å². The Kier molecular flexibility index (Phi) is 6.12. The quantitative estimate of drug-likeness (QED) is 0.635. The topological polar surface area (TPSA) is 95.1 Å². The Bertz CT molecular complexity index is 895. The molecule has 0 aliphatic rings. The van der Waals surface area contributed by atoms with Gasteiger partial charge < -0.3 is 9.73 Å². The summed E-state index contributed by atoms with van der Waals surface area (Å²) in [6, 6.07) is 7.61. The van der Waals surface area contributed by atoms with E-state index in [4.69, 9.17) is 9.68 Å². The first-order valence-corrected chi connectivity index (χ1v) is 9.81. The molecular weight excluding hydrogens is 370 g/mol. The Labute approximate surface area is 158 Å². The van der Waals surface area contributed by atoms with Crippen molar-refractivity contribution in [3.63, 3.8) is 0 Å². The van der Waals surface area contributed by atoms with Crippen molar-refractivity contribution in [3.8, 4) is 16.8 Å². The Balaban J connectivity index is 1.62. The molecule has 0 saturated carbocycles. The van der Waals surface area contributed by atoms with Gasteiger partial charge in [-0.05, 0) is 35.9 Å². The number of nitrogens with one attached hydrogen (secondary N) is 1. The molecule has 26 heavy (non-hydrogen) atoms. The van der Waals surface area contributed by atoms with Gasteiger partial charge in [0.1, 0.15) is 11.1 Å². The van der Waals surface area contributed by atoms with Gasteiger partial charge in [-0.25, -0.2) is 0 Å². The zero-order valence-corrected chi connectivity index (χ0v) is 15.8. The summed E-state index contributed by atoms with van der Waals surface area (Å²) in [5.74, 6) is 0.798. The third kappa shape index (κ3) is 4.54. The van der Waals surface area contributed by atoms with Crippen LogP contribution in [-0.2, 0) is 11.3 Å². The molecule has 0 spiro atoms. The predicted octanol–water partition coefficient (Wildman–Crippen LogP) is 3.58. The van der Waals surface area contributed by atoms with Crippen molar-refractivity contribution < 1.29 is 9.21 Å². The minimum Gasteiger partial charge on any atom is -0.419 e. The molecule has 0 aromatic carbocycles. The summed E-state index contributed by atoms with van der Waals surface area (Å²) in [5.41, 5.74) is 0.475. The second-order valence-corrected chi connectivity index (χ2v) is 7.38. The van der Waals surface area contributed by atoms with Gasteiger partial charge >= 0.3 is 0 Å². The fourth-order valence-electron chi connectivity index (χ4n) is 2.40. The second-order valence-electron chi connectivity index (χ2n) is 5.51. The third-order valence-electron chi connectivity index (χ3n) is 3.50. The number of carbonyl (C=O) groups is 1. The van der Waals surface area contributed by atoms with Gasteiger partial charge in [0.2, 0.25) is 11.8 Å². The zero-order valence-electron chi connectivity index (χ0n) is 14.1. The Morgan fingerprint density at radius 3 is 2.96 bits per heavy atom. The molecule has 0 bridgehead atoms. The molecule has 134 valence electrons. The van der Waals surface area contributed by atoms with Crippen LogP contribution >= 0.6 is 22.7 Å². The van der Waals surface area contributed by atoms with Crippen LogP contribution in [-0.4, -0.2) is 34.1 Å². The normalized spacial score (nSPS) is 10.8. The molecule has 3 aromatic heterocycles. The zero-order chi connectivity index (χ0) is 18.4. The van der Waals surface area contributed by atoms with E-state index < -0.39 is 0 Å². The van der Waals surface area contributed by atoms with Gasteiger partial charge in [0.25, 0.3) is 5.89 Å². The van der Waals surface area contributed by atoms with Crippen molar-refractivity contribution in [1.82, 2.24) is 15.1 Å². The fraction of sp³-hybridized carbons (Fsp3) is 0.294. The smallest absolute Gasteiger partial charge is 0.257 e. The number of aromatic nitrogens is 2. The summed E-state index contributed by atoms with van der Waals surface area (Å²) in [6.45, 7) is 3.35. The average Bonchev–Trinajstić information content (AvgIpc) is 3.36. The number of rotatable bonds is 8. The number of hydrogen-bond donors (Lipinski definition) is 1. The van der Waals surface area contributed by atoms with Gasteiger partial charge in [0.05, 0.1) is 23.5 Å². The highest BCUT2D eigenvalue weighted by atomic mass is 32.1. The van der Waals surface area contributed by atoms with E-state index in [1.54, 1.807) is 11.4 Å². The van der Waals surface area contributed by atoms with Crippen LogP contribution in [0.4, 0.5) is 5.00 Å². The molecule has 3 aromatic rings. The molecule has 9 heteroatoms. The number of carbonyl (C=O) groups excluding carboxylic acids is 1. The number of anilines is 1. The van der Waals surface area contributed by atoms with Crippen LogP contribution in [0.5, 0.6) is 0 Å². The number of thiophene rings is 2. The summed E-state index contributed by atoms with van der Waals surface area (Å²) < 4.78 is 5.70. The number of nitriles is 1. The van der Waals surface area contributed by atoms with E-state index in [9.17, 15) is 4.79 Å². The molecule has 0 aliphatic carbocycles. The van der Waals surface area contributed by atoms with Crippen molar-refractivity contribution in [2.45, 2.75) is 19.9 Å². The van der Waals surface area contributed by atoms with Crippen LogP contribution in [0.3, 0.4) is 0 Å². The fourth-order valence-corrected chi connectivity index (χ4v) is 3.80. The van der Waals surface area contributed by atoms with Gasteiger partial charge in [-0.3, -0.25) is 9.69 Å². The van der Waals surface area contributed by atoms with E-state index in [1.165, 1.54) is 22.7 Å². The molecular formula is C17H17N5O2S2. The predicted molar refractivity (Wildman–Crippen MR) is 101 cm³/mol. The first-order chi connectivity index (χ1) is 12.7. The monoisotopic (exact) mass is 387 g/mol. The minimum atomic E-state index is -0.171. The largest absolute Gasteiger partial charge is 0.419 e. The standard InChI is InChI=1S/C17H17N5O2S2/c1-2-6-22(10-14(23)19-17-12(9-18)5-8-26-17)11-15-20-21-16(24-15)13-4-3-7-25-13/h3-5,7-8H,2,6,10-11H2,1H3,(H,19,23). The highest BCUT2D eigenvalue weighted by Crippen LogP contribution is 2.24. The van der Waals surface area contributed by atoms with Gasteiger partial charge in [0.15, 0.2) is 0 Å². The number of amides is 1. The highest BCUT2D eigenvalue weighted by Gasteiger charge is 2.17. The molecule has 0 radical (unpaired) electrons. The Morgan fingerprint density at radius 1 is 1.35 bits per heavy atom. The maximum Gasteiger partial charge on any atom is 0.257 e. The van der Waals surface area contributed by atoms with Crippen molar-refractivity contribution in [2.75, 3.05) is 18.4 Å². The molecule has 0 fully saturated rings. The molecule has 1 amide bonds. The first-order valence-electron chi connectivity index (χ1n) is 8.05. The van der Waals surface area contributed by atoms with Crippen molar-refractivity contribution in [2.24, 2.45) is 0 Å². The molecule has 1 N–H and O–H groups in total. The summed E-state index contributed by atoms with van der Waals surface area (Å²) in [4.78, 5) is 15.2. The molecule has 7 nitrogen and oxygen atoms in total. The Morgan fingerprint density at radius 2 is 2.23 bits per heavy atom. The summed E-state index contributed by atoms with van der Waals surface area (Å²) in [6.07, 6.45) is 0.891. The van der Waals surface area contributed by atoms with Gasteiger partial charge in [-0.2, -0.15) is 5.26 Å². The molecule has 0 unspecified atom stereocenters. The minimum absolute atomic E-state index is 0.171. The van der Waals surface area contributed by atoms with Gasteiger partial charge in [-0.1, -0.05) is 13.0 Å². The summed E-state index contributed by atoms with van der Waals surface area (Å²) in [7, 11) is 0. The molecule has 0 atom stereocenters. The van der Waals surface area contributed by atoms with E-state index >= 15 is 0 Å². The van der Waals surface area contributed by atoms with Crippen LogP contribution in [0.1, 0.15) is 24.8 Å². The molecule has 3 heterocycles. The number of hydrogen-bond acceptors (Lipinski definition) is 8. The van der Waals surface area contributed by atoms with E-state index in [1.807, 2.05) is 29.3 Å². The second kappa shape index (κ2) is 8.71. The van der Waals surface area contributed by atoms with Gasteiger partial charge in [0, 0.05) is 0 Å². The lowest BCUT2D eigenvalue weighted by Crippen LogP contribution is -2.33. The summed E-state index contributed by atoms with van der Waals surface area (Å²) in [5, 5.41) is 24.3. The summed E-state index contributed by atoms with van der Waals surface area (Å²) >= 11 is 2.87. The van der Waals surface area contributed by atoms with Crippen LogP contribution in [0.25, 0.3) is 10.8 Å². The van der Waals surface area contributed by atoms with Gasteiger partial charge in [-0.15, -0.1) is 32.9 Å². The third-order valence-corrected chi connectivity index (χ3v) is 5.19. The van der Waals surface area contributed by atoms with Crippen LogP contribution in [0.2, 0.25) is 0 Å².